The van der Waals surface area contributed by atoms with Gasteiger partial charge in [-0.3, -0.25) is 4.98 Å². The maximum atomic E-state index is 9.17. The second-order valence-electron chi connectivity index (χ2n) is 3.78. The Morgan fingerprint density at radius 2 is 1.83 bits per heavy atom. The minimum absolute atomic E-state index is 0.277. The predicted molar refractivity (Wildman–Crippen MR) is 70.1 cm³/mol. The van der Waals surface area contributed by atoms with Crippen LogP contribution in [0.3, 0.4) is 0 Å². The standard InChI is InChI=1S/C12H15N5O/c13-17-12-8-14-7-11(16-12)15-6-5-9-1-3-10(18)4-2-9/h1-4,7-8,18H,5-6,13H2,(H2,15,16,17). The third-order valence-corrected chi connectivity index (χ3v) is 2.44. The topological polar surface area (TPSA) is 96.1 Å². The molecule has 6 heteroatoms. The van der Waals surface area contributed by atoms with Gasteiger partial charge < -0.3 is 15.8 Å². The van der Waals surface area contributed by atoms with Crippen LogP contribution in [0.25, 0.3) is 0 Å². The fraction of sp³-hybridized carbons (Fsp3) is 0.167. The molecule has 0 saturated carbocycles. The Balaban J connectivity index is 1.86. The van der Waals surface area contributed by atoms with E-state index < -0.39 is 0 Å². The zero-order valence-electron chi connectivity index (χ0n) is 9.80. The molecule has 18 heavy (non-hydrogen) atoms. The molecular formula is C12H15N5O. The molecule has 5 N–H and O–H groups in total. The lowest BCUT2D eigenvalue weighted by atomic mass is 10.1. The van der Waals surface area contributed by atoms with Crippen LogP contribution in [0, 0.1) is 0 Å². The number of benzene rings is 1. The van der Waals surface area contributed by atoms with Crippen molar-refractivity contribution < 1.29 is 5.11 Å². The van der Waals surface area contributed by atoms with Gasteiger partial charge in [0, 0.05) is 6.54 Å². The fourth-order valence-corrected chi connectivity index (χ4v) is 1.52. The summed E-state index contributed by atoms with van der Waals surface area (Å²) in [5, 5.41) is 12.3. The Hall–Kier alpha value is -2.34. The summed E-state index contributed by atoms with van der Waals surface area (Å²) < 4.78 is 0. The molecule has 0 saturated heterocycles. The van der Waals surface area contributed by atoms with Gasteiger partial charge in [-0.2, -0.15) is 0 Å². The van der Waals surface area contributed by atoms with Gasteiger partial charge in [-0.25, -0.2) is 10.8 Å². The number of aromatic hydroxyl groups is 1. The van der Waals surface area contributed by atoms with Crippen LogP contribution in [0.4, 0.5) is 11.6 Å². The van der Waals surface area contributed by atoms with Crippen molar-refractivity contribution >= 4 is 11.6 Å². The number of nitrogens with one attached hydrogen (secondary N) is 2. The van der Waals surface area contributed by atoms with Gasteiger partial charge in [-0.1, -0.05) is 12.1 Å². The molecule has 0 aliphatic carbocycles. The lowest BCUT2D eigenvalue weighted by molar-refractivity contribution is 0.475. The Bertz CT molecular complexity index is 500. The minimum Gasteiger partial charge on any atom is -0.508 e. The van der Waals surface area contributed by atoms with Gasteiger partial charge in [0.2, 0.25) is 0 Å². The molecule has 2 rings (SSSR count). The molecule has 0 fully saturated rings. The fourth-order valence-electron chi connectivity index (χ4n) is 1.52. The van der Waals surface area contributed by atoms with Crippen LogP contribution in [-0.2, 0) is 6.42 Å². The van der Waals surface area contributed by atoms with E-state index in [1.807, 2.05) is 12.1 Å². The van der Waals surface area contributed by atoms with Gasteiger partial charge in [0.1, 0.15) is 11.6 Å². The molecular weight excluding hydrogens is 230 g/mol. The van der Waals surface area contributed by atoms with Crippen molar-refractivity contribution in [1.29, 1.82) is 0 Å². The predicted octanol–water partition coefficient (Wildman–Crippen LogP) is 1.12. The summed E-state index contributed by atoms with van der Waals surface area (Å²) in [5.41, 5.74) is 3.58. The van der Waals surface area contributed by atoms with E-state index in [0.29, 0.717) is 11.6 Å². The first-order chi connectivity index (χ1) is 8.78. The molecule has 0 radical (unpaired) electrons. The van der Waals surface area contributed by atoms with E-state index in [9.17, 15) is 0 Å². The van der Waals surface area contributed by atoms with Crippen LogP contribution >= 0.6 is 0 Å². The summed E-state index contributed by atoms with van der Waals surface area (Å²) in [4.78, 5) is 8.18. The van der Waals surface area contributed by atoms with Gasteiger partial charge in [-0.15, -0.1) is 0 Å². The highest BCUT2D eigenvalue weighted by atomic mass is 16.3. The highest BCUT2D eigenvalue weighted by Gasteiger charge is 1.97. The molecule has 94 valence electrons. The van der Waals surface area contributed by atoms with Crippen LogP contribution in [0.15, 0.2) is 36.7 Å². The summed E-state index contributed by atoms with van der Waals surface area (Å²) >= 11 is 0. The molecule has 6 nitrogen and oxygen atoms in total. The number of hydrazine groups is 1. The lowest BCUT2D eigenvalue weighted by Gasteiger charge is -2.06. The van der Waals surface area contributed by atoms with Crippen molar-refractivity contribution in [3.8, 4) is 5.75 Å². The average molecular weight is 245 g/mol. The highest BCUT2D eigenvalue weighted by Crippen LogP contribution is 2.10. The van der Waals surface area contributed by atoms with E-state index in [-0.39, 0.29) is 5.75 Å². The SMILES string of the molecule is NNc1cncc(NCCc2ccc(O)cc2)n1. The van der Waals surface area contributed by atoms with Crippen molar-refractivity contribution in [2.24, 2.45) is 5.84 Å². The molecule has 2 aromatic rings. The number of phenols is 1. The molecule has 0 unspecified atom stereocenters. The van der Waals surface area contributed by atoms with Crippen LogP contribution in [0.1, 0.15) is 5.56 Å². The number of hydrogen-bond acceptors (Lipinski definition) is 6. The van der Waals surface area contributed by atoms with Crippen molar-refractivity contribution in [3.05, 3.63) is 42.2 Å². The Labute approximate surface area is 105 Å². The zero-order valence-corrected chi connectivity index (χ0v) is 9.80. The van der Waals surface area contributed by atoms with Crippen molar-refractivity contribution in [2.75, 3.05) is 17.3 Å². The molecule has 0 atom stereocenters. The summed E-state index contributed by atoms with van der Waals surface area (Å²) in [7, 11) is 0. The van der Waals surface area contributed by atoms with Gasteiger partial charge >= 0.3 is 0 Å². The van der Waals surface area contributed by atoms with Gasteiger partial charge in [-0.05, 0) is 24.1 Å². The molecule has 0 amide bonds. The van der Waals surface area contributed by atoms with Crippen molar-refractivity contribution in [2.45, 2.75) is 6.42 Å². The minimum atomic E-state index is 0.277. The summed E-state index contributed by atoms with van der Waals surface area (Å²) in [6, 6.07) is 7.13. The van der Waals surface area contributed by atoms with E-state index in [2.05, 4.69) is 20.7 Å². The summed E-state index contributed by atoms with van der Waals surface area (Å²) in [5.74, 6) is 6.71. The smallest absolute Gasteiger partial charge is 0.160 e. The van der Waals surface area contributed by atoms with Crippen molar-refractivity contribution in [3.63, 3.8) is 0 Å². The molecule has 0 aliphatic rings. The Kier molecular flexibility index (Phi) is 3.93. The Morgan fingerprint density at radius 1 is 1.11 bits per heavy atom. The van der Waals surface area contributed by atoms with E-state index >= 15 is 0 Å². The highest BCUT2D eigenvalue weighted by molar-refractivity contribution is 5.40. The lowest BCUT2D eigenvalue weighted by Crippen LogP contribution is -2.11. The van der Waals surface area contributed by atoms with Crippen LogP contribution < -0.4 is 16.6 Å². The van der Waals surface area contributed by atoms with Crippen LogP contribution in [-0.4, -0.2) is 21.6 Å². The first-order valence-corrected chi connectivity index (χ1v) is 5.58. The molecule has 1 heterocycles. The number of aromatic nitrogens is 2. The number of nitrogens with two attached hydrogens (primary N) is 1. The molecule has 0 bridgehead atoms. The monoisotopic (exact) mass is 245 g/mol. The largest absolute Gasteiger partial charge is 0.508 e. The third kappa shape index (κ3) is 3.33. The van der Waals surface area contributed by atoms with E-state index in [4.69, 9.17) is 10.9 Å². The maximum absolute atomic E-state index is 9.17. The summed E-state index contributed by atoms with van der Waals surface area (Å²) in [6.45, 7) is 0.730. The maximum Gasteiger partial charge on any atom is 0.160 e. The van der Waals surface area contributed by atoms with E-state index in [1.165, 1.54) is 0 Å². The van der Waals surface area contributed by atoms with Crippen LogP contribution in [0.2, 0.25) is 0 Å². The molecule has 0 aliphatic heterocycles. The number of rotatable bonds is 5. The number of anilines is 2. The zero-order chi connectivity index (χ0) is 12.8. The number of hydrogen-bond donors (Lipinski definition) is 4. The van der Waals surface area contributed by atoms with Gasteiger partial charge in [0.05, 0.1) is 12.4 Å². The Morgan fingerprint density at radius 3 is 2.56 bits per heavy atom. The second-order valence-corrected chi connectivity index (χ2v) is 3.78. The number of nitrogen functional groups attached to an aromatic ring is 1. The van der Waals surface area contributed by atoms with Crippen LogP contribution in [0.5, 0.6) is 5.75 Å². The molecule has 1 aromatic heterocycles. The van der Waals surface area contributed by atoms with E-state index in [1.54, 1.807) is 24.5 Å². The molecule has 0 spiro atoms. The first-order valence-electron chi connectivity index (χ1n) is 5.58. The van der Waals surface area contributed by atoms with Gasteiger partial charge in [0.25, 0.3) is 0 Å². The molecule has 1 aromatic carbocycles. The number of phenolic OH excluding ortho intramolecular Hbond substituents is 1. The first kappa shape index (κ1) is 12.1. The van der Waals surface area contributed by atoms with Gasteiger partial charge in [0.15, 0.2) is 5.82 Å². The average Bonchev–Trinajstić information content (AvgIpc) is 2.41. The normalized spacial score (nSPS) is 10.1. The third-order valence-electron chi connectivity index (χ3n) is 2.44. The van der Waals surface area contributed by atoms with E-state index in [0.717, 1.165) is 18.5 Å². The quantitative estimate of drug-likeness (QED) is 0.465. The van der Waals surface area contributed by atoms with Crippen molar-refractivity contribution in [1.82, 2.24) is 9.97 Å². The second kappa shape index (κ2) is 5.83. The number of nitrogens with zero attached hydrogens (tertiary/aromatic N) is 2. The summed E-state index contributed by atoms with van der Waals surface area (Å²) in [6.07, 6.45) is 4.02.